The van der Waals surface area contributed by atoms with E-state index < -0.39 is 16.8 Å². The van der Waals surface area contributed by atoms with Crippen molar-refractivity contribution in [3.05, 3.63) is 73.6 Å². The molecule has 0 fully saturated rings. The Kier molecular flexibility index (Phi) is 7.03. The third-order valence-electron chi connectivity index (χ3n) is 4.28. The van der Waals surface area contributed by atoms with Gasteiger partial charge in [-0.25, -0.2) is 4.79 Å². The summed E-state index contributed by atoms with van der Waals surface area (Å²) in [6.45, 7) is 1.53. The van der Waals surface area contributed by atoms with Crippen molar-refractivity contribution in [2.24, 2.45) is 0 Å². The van der Waals surface area contributed by atoms with Crippen molar-refractivity contribution in [1.29, 1.82) is 0 Å². The highest BCUT2D eigenvalue weighted by molar-refractivity contribution is 9.10. The molecular formula is C21H17BrN2O6S. The maximum absolute atomic E-state index is 12.5. The first kappa shape index (κ1) is 22.4. The molecule has 31 heavy (non-hydrogen) atoms. The number of carbonyl (C=O) groups is 2. The number of nitro groups is 1. The van der Waals surface area contributed by atoms with Crippen molar-refractivity contribution in [2.45, 2.75) is 6.92 Å². The summed E-state index contributed by atoms with van der Waals surface area (Å²) in [5.74, 6) is -0.729. The van der Waals surface area contributed by atoms with Crippen molar-refractivity contribution >= 4 is 49.8 Å². The third kappa shape index (κ3) is 5.28. The largest absolute Gasteiger partial charge is 0.484 e. The topological polar surface area (TPSA) is 108 Å². The van der Waals surface area contributed by atoms with Crippen LogP contribution in [0.15, 0.2) is 53.0 Å². The lowest BCUT2D eigenvalue weighted by atomic mass is 10.0. The van der Waals surface area contributed by atoms with Gasteiger partial charge in [-0.2, -0.15) is 0 Å². The van der Waals surface area contributed by atoms with Gasteiger partial charge in [-0.15, -0.1) is 11.3 Å². The molecule has 3 rings (SSSR count). The van der Waals surface area contributed by atoms with Crippen LogP contribution in [0.1, 0.15) is 15.2 Å². The molecule has 0 radical (unpaired) electrons. The first-order valence-corrected chi connectivity index (χ1v) is 10.6. The van der Waals surface area contributed by atoms with E-state index in [9.17, 15) is 19.7 Å². The summed E-state index contributed by atoms with van der Waals surface area (Å²) >= 11 is 4.65. The second-order valence-corrected chi connectivity index (χ2v) is 8.46. The van der Waals surface area contributed by atoms with Gasteiger partial charge in [0, 0.05) is 27.0 Å². The second kappa shape index (κ2) is 9.71. The zero-order valence-corrected chi connectivity index (χ0v) is 18.9. The van der Waals surface area contributed by atoms with Gasteiger partial charge in [-0.1, -0.05) is 28.1 Å². The summed E-state index contributed by atoms with van der Waals surface area (Å²) < 4.78 is 11.2. The molecule has 0 unspecified atom stereocenters. The summed E-state index contributed by atoms with van der Waals surface area (Å²) in [7, 11) is 1.28. The number of non-ortho nitro benzene ring substituents is 1. The van der Waals surface area contributed by atoms with Crippen molar-refractivity contribution in [1.82, 2.24) is 0 Å². The number of ether oxygens (including phenoxy) is 2. The van der Waals surface area contributed by atoms with Crippen LogP contribution in [0.3, 0.4) is 0 Å². The Hall–Kier alpha value is -3.24. The van der Waals surface area contributed by atoms with Crippen LogP contribution < -0.4 is 10.1 Å². The quantitative estimate of drug-likeness (QED) is 0.269. The number of hydrogen-bond acceptors (Lipinski definition) is 7. The predicted molar refractivity (Wildman–Crippen MR) is 121 cm³/mol. The fraction of sp³-hybridized carbons (Fsp3) is 0.143. The van der Waals surface area contributed by atoms with Gasteiger partial charge in [0.25, 0.3) is 11.6 Å². The van der Waals surface area contributed by atoms with Crippen molar-refractivity contribution < 1.29 is 24.0 Å². The average Bonchev–Trinajstić information content (AvgIpc) is 3.08. The molecule has 0 aliphatic carbocycles. The molecule has 0 aliphatic heterocycles. The molecule has 0 aliphatic rings. The zero-order valence-electron chi connectivity index (χ0n) is 16.5. The molecular weight excluding hydrogens is 488 g/mol. The molecule has 3 aromatic rings. The van der Waals surface area contributed by atoms with E-state index in [1.165, 1.54) is 42.7 Å². The van der Waals surface area contributed by atoms with E-state index in [0.717, 1.165) is 14.9 Å². The Balaban J connectivity index is 1.79. The van der Waals surface area contributed by atoms with E-state index in [1.54, 1.807) is 0 Å². The first-order chi connectivity index (χ1) is 14.8. The van der Waals surface area contributed by atoms with Gasteiger partial charge in [-0.3, -0.25) is 14.9 Å². The third-order valence-corrected chi connectivity index (χ3v) is 5.83. The van der Waals surface area contributed by atoms with Gasteiger partial charge in [0.2, 0.25) is 0 Å². The number of benzene rings is 2. The molecule has 1 N–H and O–H groups in total. The SMILES string of the molecule is COC(=O)c1c(NC(=O)COc2ccc([N+](=O)[O-])cc2)sc(C)c1-c1ccc(Br)cc1. The minimum atomic E-state index is -0.561. The maximum atomic E-state index is 12.5. The van der Waals surface area contributed by atoms with Crippen LogP contribution >= 0.6 is 27.3 Å². The summed E-state index contributed by atoms with van der Waals surface area (Å²) in [6, 6.07) is 12.9. The normalized spacial score (nSPS) is 10.4. The summed E-state index contributed by atoms with van der Waals surface area (Å²) in [6.07, 6.45) is 0. The number of halogens is 1. The molecule has 0 atom stereocenters. The zero-order chi connectivity index (χ0) is 22.5. The monoisotopic (exact) mass is 504 g/mol. The van der Waals surface area contributed by atoms with Crippen LogP contribution in [0, 0.1) is 17.0 Å². The first-order valence-electron chi connectivity index (χ1n) is 8.95. The minimum Gasteiger partial charge on any atom is -0.484 e. The molecule has 1 amide bonds. The Bertz CT molecular complexity index is 1130. The number of nitrogens with zero attached hydrogens (tertiary/aromatic N) is 1. The second-order valence-electron chi connectivity index (χ2n) is 6.32. The van der Waals surface area contributed by atoms with Gasteiger partial charge >= 0.3 is 5.97 Å². The van der Waals surface area contributed by atoms with Crippen molar-refractivity contribution in [3.8, 4) is 16.9 Å². The predicted octanol–water partition coefficient (Wildman–Crippen LogP) is 5.20. The van der Waals surface area contributed by atoms with Crippen molar-refractivity contribution in [3.63, 3.8) is 0 Å². The van der Waals surface area contributed by atoms with Crippen molar-refractivity contribution in [2.75, 3.05) is 19.0 Å². The highest BCUT2D eigenvalue weighted by atomic mass is 79.9. The maximum Gasteiger partial charge on any atom is 0.341 e. The van der Waals surface area contributed by atoms with E-state index in [0.29, 0.717) is 16.3 Å². The van der Waals surface area contributed by atoms with Crippen LogP contribution in [0.25, 0.3) is 11.1 Å². The minimum absolute atomic E-state index is 0.0750. The molecule has 1 aromatic heterocycles. The number of anilines is 1. The van der Waals surface area contributed by atoms with E-state index in [2.05, 4.69) is 21.2 Å². The Morgan fingerprint density at radius 3 is 2.35 bits per heavy atom. The van der Waals surface area contributed by atoms with Crippen LogP contribution in [-0.2, 0) is 9.53 Å². The number of nitro benzene ring substituents is 1. The lowest BCUT2D eigenvalue weighted by Crippen LogP contribution is -2.21. The molecule has 0 saturated heterocycles. The number of amides is 1. The number of thiophene rings is 1. The highest BCUT2D eigenvalue weighted by Gasteiger charge is 2.25. The molecule has 8 nitrogen and oxygen atoms in total. The number of hydrogen-bond donors (Lipinski definition) is 1. The Labute approximate surface area is 190 Å². The number of methoxy groups -OCH3 is 1. The van der Waals surface area contributed by atoms with Crippen LogP contribution in [0.4, 0.5) is 10.7 Å². The van der Waals surface area contributed by atoms with Gasteiger partial charge in [-0.05, 0) is 36.8 Å². The number of nitrogens with one attached hydrogen (secondary N) is 1. The van der Waals surface area contributed by atoms with E-state index >= 15 is 0 Å². The fourth-order valence-corrected chi connectivity index (χ4v) is 4.21. The molecule has 0 spiro atoms. The molecule has 10 heteroatoms. The Morgan fingerprint density at radius 1 is 1.13 bits per heavy atom. The van der Waals surface area contributed by atoms with Gasteiger partial charge in [0.05, 0.1) is 12.0 Å². The highest BCUT2D eigenvalue weighted by Crippen LogP contribution is 2.40. The van der Waals surface area contributed by atoms with Gasteiger partial charge < -0.3 is 14.8 Å². The summed E-state index contributed by atoms with van der Waals surface area (Å²) in [4.78, 5) is 35.9. The molecule has 2 aromatic carbocycles. The van der Waals surface area contributed by atoms with Crippen LogP contribution in [-0.4, -0.2) is 30.5 Å². The number of esters is 1. The van der Waals surface area contributed by atoms with Gasteiger partial charge in [0.15, 0.2) is 6.61 Å². The Morgan fingerprint density at radius 2 is 1.77 bits per heavy atom. The lowest BCUT2D eigenvalue weighted by molar-refractivity contribution is -0.384. The van der Waals surface area contributed by atoms with Crippen LogP contribution in [0.2, 0.25) is 0 Å². The average molecular weight is 505 g/mol. The van der Waals surface area contributed by atoms with Crippen LogP contribution in [0.5, 0.6) is 5.75 Å². The molecule has 160 valence electrons. The fourth-order valence-electron chi connectivity index (χ4n) is 2.87. The molecule has 1 heterocycles. The molecule has 0 saturated carbocycles. The number of aryl methyl sites for hydroxylation is 1. The number of rotatable bonds is 7. The van der Waals surface area contributed by atoms with E-state index in [4.69, 9.17) is 9.47 Å². The van der Waals surface area contributed by atoms with E-state index in [-0.39, 0.29) is 17.9 Å². The number of carbonyl (C=O) groups excluding carboxylic acids is 2. The summed E-state index contributed by atoms with van der Waals surface area (Å²) in [5, 5.41) is 13.8. The standard InChI is InChI=1S/C21H17BrN2O6S/c1-12-18(13-3-5-14(22)6-4-13)19(21(26)29-2)20(31-12)23-17(25)11-30-16-9-7-15(8-10-16)24(27)28/h3-10H,11H2,1-2H3,(H,23,25). The summed E-state index contributed by atoms with van der Waals surface area (Å²) in [5.41, 5.74) is 1.71. The van der Waals surface area contributed by atoms with Gasteiger partial charge in [0.1, 0.15) is 16.3 Å². The lowest BCUT2D eigenvalue weighted by Gasteiger charge is -2.09. The van der Waals surface area contributed by atoms with E-state index in [1.807, 2.05) is 31.2 Å². The molecule has 0 bridgehead atoms. The smallest absolute Gasteiger partial charge is 0.341 e.